The van der Waals surface area contributed by atoms with Crippen LogP contribution >= 0.6 is 0 Å². The third-order valence-electron chi connectivity index (χ3n) is 2.12. The van der Waals surface area contributed by atoms with Crippen LogP contribution in [-0.2, 0) is 15.9 Å². The highest BCUT2D eigenvalue weighted by Gasteiger charge is 2.22. The summed E-state index contributed by atoms with van der Waals surface area (Å²) >= 11 is -2.41. The predicted octanol–water partition coefficient (Wildman–Crippen LogP) is 0.703. The van der Waals surface area contributed by atoms with Gasteiger partial charge in [0.1, 0.15) is 0 Å². The van der Waals surface area contributed by atoms with Gasteiger partial charge in [-0.05, 0) is 29.3 Å². The lowest BCUT2D eigenvalue weighted by Gasteiger charge is -2.14. The average molecular weight is 221 g/mol. The fraction of sp³-hybridized carbons (Fsp3) is 0. The Hall–Kier alpha value is -1.59. The summed E-state index contributed by atoms with van der Waals surface area (Å²) in [5.74, 6) is -1.30. The lowest BCUT2D eigenvalue weighted by Crippen LogP contribution is -2.17. The van der Waals surface area contributed by atoms with Gasteiger partial charge in [-0.1, -0.05) is 12.1 Å². The molecule has 0 amide bonds. The van der Waals surface area contributed by atoms with Gasteiger partial charge in [0.05, 0.1) is 0 Å². The fourth-order valence-corrected chi connectivity index (χ4v) is 1.97. The van der Waals surface area contributed by atoms with E-state index in [0.717, 1.165) is 6.08 Å². The quantitative estimate of drug-likeness (QED) is 0.517. The molecule has 0 N–H and O–H groups in total. The Morgan fingerprint density at radius 3 is 2.53 bits per heavy atom. The first-order valence-corrected chi connectivity index (χ1v) is 5.18. The number of carbonyl (C=O) groups is 2. The summed E-state index contributed by atoms with van der Waals surface area (Å²) in [6.07, 6.45) is 2.44. The average Bonchev–Trinajstić information content (AvgIpc) is 2.23. The lowest BCUT2D eigenvalue weighted by molar-refractivity contribution is -0.110. The smallest absolute Gasteiger partial charge is 0.233 e. The van der Waals surface area contributed by atoms with Gasteiger partial charge in [0, 0.05) is 16.0 Å². The van der Waals surface area contributed by atoms with Gasteiger partial charge < -0.3 is 4.55 Å². The summed E-state index contributed by atoms with van der Waals surface area (Å²) in [7, 11) is 0. The minimum absolute atomic E-state index is 0.0320. The molecule has 0 fully saturated rings. The Morgan fingerprint density at radius 2 is 1.87 bits per heavy atom. The highest BCUT2D eigenvalue weighted by molar-refractivity contribution is 7.79. The standard InChI is InChI=1S/C10H6O4S/c11-8-5-4-6-7(10(8)12)2-1-3-9(6)15(13)14/h1-5H,(H,13,14)/p-1. The van der Waals surface area contributed by atoms with E-state index in [0.29, 0.717) is 0 Å². The fourth-order valence-electron chi connectivity index (χ4n) is 1.43. The van der Waals surface area contributed by atoms with E-state index >= 15 is 0 Å². The molecule has 0 saturated carbocycles. The van der Waals surface area contributed by atoms with Crippen molar-refractivity contribution in [3.8, 4) is 0 Å². The molecule has 2 rings (SSSR count). The molecule has 0 spiro atoms. The van der Waals surface area contributed by atoms with Gasteiger partial charge in [-0.3, -0.25) is 13.8 Å². The van der Waals surface area contributed by atoms with Crippen LogP contribution in [0.5, 0.6) is 0 Å². The van der Waals surface area contributed by atoms with Gasteiger partial charge in [0.25, 0.3) is 0 Å². The van der Waals surface area contributed by atoms with Gasteiger partial charge in [-0.25, -0.2) is 0 Å². The summed E-state index contributed by atoms with van der Waals surface area (Å²) in [4.78, 5) is 22.5. The van der Waals surface area contributed by atoms with E-state index in [1.54, 1.807) is 0 Å². The summed E-state index contributed by atoms with van der Waals surface area (Å²) in [6, 6.07) is 4.26. The highest BCUT2D eigenvalue weighted by atomic mass is 32.2. The largest absolute Gasteiger partial charge is 0.768 e. The summed E-state index contributed by atoms with van der Waals surface area (Å²) in [5, 5.41) is 0. The maximum absolute atomic E-state index is 11.4. The molecule has 1 aliphatic carbocycles. The number of fused-ring (bicyclic) bond motifs is 1. The molecule has 4 nitrogen and oxygen atoms in total. The van der Waals surface area contributed by atoms with Crippen LogP contribution in [0.1, 0.15) is 15.9 Å². The van der Waals surface area contributed by atoms with E-state index in [4.69, 9.17) is 0 Å². The van der Waals surface area contributed by atoms with Crippen molar-refractivity contribution in [2.45, 2.75) is 4.90 Å². The van der Waals surface area contributed by atoms with Crippen molar-refractivity contribution in [3.63, 3.8) is 0 Å². The van der Waals surface area contributed by atoms with Crippen LogP contribution in [0.4, 0.5) is 0 Å². The molecule has 76 valence electrons. The molecule has 5 heteroatoms. The molecule has 0 heterocycles. The lowest BCUT2D eigenvalue weighted by atomic mass is 9.95. The van der Waals surface area contributed by atoms with Gasteiger partial charge in [-0.2, -0.15) is 0 Å². The zero-order valence-corrected chi connectivity index (χ0v) is 8.24. The molecule has 0 saturated heterocycles. The van der Waals surface area contributed by atoms with Crippen molar-refractivity contribution in [3.05, 3.63) is 35.4 Å². The van der Waals surface area contributed by atoms with E-state index in [1.807, 2.05) is 0 Å². The monoisotopic (exact) mass is 221 g/mol. The molecular formula is C10H5O4S-. The number of carbonyl (C=O) groups excluding carboxylic acids is 2. The molecule has 1 unspecified atom stereocenters. The van der Waals surface area contributed by atoms with Crippen LogP contribution in [0.25, 0.3) is 6.08 Å². The number of allylic oxidation sites excluding steroid dienone is 1. The molecule has 0 radical (unpaired) electrons. The maximum Gasteiger partial charge on any atom is 0.233 e. The van der Waals surface area contributed by atoms with Crippen LogP contribution < -0.4 is 0 Å². The summed E-state index contributed by atoms with van der Waals surface area (Å²) in [5.41, 5.74) is 0.430. The molecule has 1 aromatic carbocycles. The topological polar surface area (TPSA) is 74.3 Å². The molecular weight excluding hydrogens is 216 g/mol. The van der Waals surface area contributed by atoms with Crippen LogP contribution in [-0.4, -0.2) is 20.3 Å². The Bertz CT molecular complexity index is 516. The molecule has 1 aliphatic rings. The number of Topliss-reactive ketones (excluding diaryl/α,β-unsaturated/α-hetero) is 1. The van der Waals surface area contributed by atoms with Gasteiger partial charge in [0.15, 0.2) is 0 Å². The van der Waals surface area contributed by atoms with Crippen molar-refractivity contribution >= 4 is 28.7 Å². The SMILES string of the molecule is O=C1C=Cc2c(cccc2S(=O)[O-])C1=O. The predicted molar refractivity (Wildman–Crippen MR) is 52.0 cm³/mol. The van der Waals surface area contributed by atoms with E-state index < -0.39 is 22.6 Å². The van der Waals surface area contributed by atoms with Crippen LogP contribution in [0.2, 0.25) is 0 Å². The molecule has 0 aromatic heterocycles. The van der Waals surface area contributed by atoms with Crippen molar-refractivity contribution < 1.29 is 18.4 Å². The Balaban J connectivity index is 2.72. The van der Waals surface area contributed by atoms with Crippen molar-refractivity contribution in [2.75, 3.05) is 0 Å². The van der Waals surface area contributed by atoms with Gasteiger partial charge >= 0.3 is 0 Å². The van der Waals surface area contributed by atoms with Crippen molar-refractivity contribution in [1.82, 2.24) is 0 Å². The van der Waals surface area contributed by atoms with E-state index in [9.17, 15) is 18.4 Å². The van der Waals surface area contributed by atoms with E-state index in [-0.39, 0.29) is 16.0 Å². The van der Waals surface area contributed by atoms with Crippen molar-refractivity contribution in [2.24, 2.45) is 0 Å². The minimum atomic E-state index is -2.41. The van der Waals surface area contributed by atoms with E-state index in [2.05, 4.69) is 0 Å². The summed E-state index contributed by atoms with van der Waals surface area (Å²) < 4.78 is 21.7. The second kappa shape index (κ2) is 3.52. The van der Waals surface area contributed by atoms with Crippen LogP contribution in [0.15, 0.2) is 29.2 Å². The Morgan fingerprint density at radius 1 is 1.13 bits per heavy atom. The first-order valence-electron chi connectivity index (χ1n) is 4.10. The van der Waals surface area contributed by atoms with Crippen LogP contribution in [0.3, 0.4) is 0 Å². The zero-order valence-electron chi connectivity index (χ0n) is 7.43. The van der Waals surface area contributed by atoms with Gasteiger partial charge in [0.2, 0.25) is 11.6 Å². The first kappa shape index (κ1) is 9.95. The first-order chi connectivity index (χ1) is 7.11. The number of rotatable bonds is 1. The number of ketones is 2. The number of hydrogen-bond donors (Lipinski definition) is 0. The number of benzene rings is 1. The van der Waals surface area contributed by atoms with E-state index in [1.165, 1.54) is 24.3 Å². The van der Waals surface area contributed by atoms with Crippen molar-refractivity contribution in [1.29, 1.82) is 0 Å². The minimum Gasteiger partial charge on any atom is -0.768 e. The second-order valence-electron chi connectivity index (χ2n) is 2.98. The zero-order chi connectivity index (χ0) is 11.0. The normalized spacial score (nSPS) is 16.3. The molecule has 15 heavy (non-hydrogen) atoms. The molecule has 0 aliphatic heterocycles. The Labute approximate surface area is 87.9 Å². The molecule has 0 bridgehead atoms. The van der Waals surface area contributed by atoms with Crippen LogP contribution in [0, 0.1) is 0 Å². The number of hydrogen-bond acceptors (Lipinski definition) is 4. The Kier molecular flexibility index (Phi) is 2.34. The second-order valence-corrected chi connectivity index (χ2v) is 3.89. The van der Waals surface area contributed by atoms with Gasteiger partial charge in [-0.15, -0.1) is 0 Å². The highest BCUT2D eigenvalue weighted by Crippen LogP contribution is 2.23. The third kappa shape index (κ3) is 1.55. The summed E-state index contributed by atoms with van der Waals surface area (Å²) in [6.45, 7) is 0. The third-order valence-corrected chi connectivity index (χ3v) is 2.83. The molecule has 1 atom stereocenters. The molecule has 1 aromatic rings. The maximum atomic E-state index is 11.4.